The van der Waals surface area contributed by atoms with Gasteiger partial charge in [-0.3, -0.25) is 0 Å². The number of hydrogen-bond donors (Lipinski definition) is 0. The number of hydrogen-bond acceptors (Lipinski definition) is 4. The summed E-state index contributed by atoms with van der Waals surface area (Å²) in [5.41, 5.74) is 1.50. The fraction of sp³-hybridized carbons (Fsp3) is 0.647. The molecular formula is C17H25NO2S. The molecule has 0 saturated carbocycles. The van der Waals surface area contributed by atoms with Gasteiger partial charge in [-0.1, -0.05) is 0 Å². The van der Waals surface area contributed by atoms with E-state index in [1.165, 1.54) is 42.0 Å². The first-order valence-electron chi connectivity index (χ1n) is 7.86. The van der Waals surface area contributed by atoms with E-state index >= 15 is 0 Å². The summed E-state index contributed by atoms with van der Waals surface area (Å²) in [6, 6.07) is 7.33. The molecule has 1 fully saturated rings. The second kappa shape index (κ2) is 7.03. The van der Waals surface area contributed by atoms with Crippen LogP contribution in [0.25, 0.3) is 0 Å². The first kappa shape index (κ1) is 15.2. The average Bonchev–Trinajstić information content (AvgIpc) is 3.07. The number of fused-ring (bicyclic) bond motifs is 1. The molecule has 0 aromatic heterocycles. The lowest BCUT2D eigenvalue weighted by Crippen LogP contribution is -2.26. The van der Waals surface area contributed by atoms with Gasteiger partial charge < -0.3 is 14.4 Å². The average molecular weight is 307 g/mol. The number of thioether (sulfide) groups is 1. The summed E-state index contributed by atoms with van der Waals surface area (Å²) in [5, 5.41) is 0. The SMILES string of the molecule is COCCOc1ccc2c(c1)[C@@H](C[C@H]1CCCN1C)CS2. The molecule has 0 N–H and O–H groups in total. The Balaban J connectivity index is 1.66. The van der Waals surface area contributed by atoms with Crippen molar-refractivity contribution in [3.8, 4) is 5.75 Å². The van der Waals surface area contributed by atoms with Crippen molar-refractivity contribution in [2.24, 2.45) is 0 Å². The third kappa shape index (κ3) is 3.55. The van der Waals surface area contributed by atoms with Gasteiger partial charge in [0, 0.05) is 23.8 Å². The Morgan fingerprint density at radius 1 is 1.33 bits per heavy atom. The predicted octanol–water partition coefficient (Wildman–Crippen LogP) is 3.39. The smallest absolute Gasteiger partial charge is 0.119 e. The van der Waals surface area contributed by atoms with Crippen LogP contribution in [0.4, 0.5) is 0 Å². The Morgan fingerprint density at radius 2 is 2.24 bits per heavy atom. The first-order valence-corrected chi connectivity index (χ1v) is 8.85. The van der Waals surface area contributed by atoms with Crippen LogP contribution in [-0.2, 0) is 4.74 Å². The highest BCUT2D eigenvalue weighted by Gasteiger charge is 2.29. The topological polar surface area (TPSA) is 21.7 Å². The van der Waals surface area contributed by atoms with E-state index in [1.807, 2.05) is 11.8 Å². The molecule has 0 aliphatic carbocycles. The summed E-state index contributed by atoms with van der Waals surface area (Å²) in [5.74, 6) is 2.89. The molecule has 0 spiro atoms. The molecule has 0 amide bonds. The van der Waals surface area contributed by atoms with Gasteiger partial charge in [-0.05, 0) is 62.5 Å². The normalized spacial score (nSPS) is 25.2. The molecule has 2 aliphatic heterocycles. The van der Waals surface area contributed by atoms with Crippen LogP contribution in [0.3, 0.4) is 0 Å². The van der Waals surface area contributed by atoms with E-state index in [0.717, 1.165) is 11.8 Å². The molecule has 2 atom stereocenters. The molecule has 0 unspecified atom stereocenters. The zero-order valence-electron chi connectivity index (χ0n) is 13.0. The van der Waals surface area contributed by atoms with Crippen LogP contribution in [0, 0.1) is 0 Å². The Kier molecular flexibility index (Phi) is 5.09. The van der Waals surface area contributed by atoms with E-state index < -0.39 is 0 Å². The summed E-state index contributed by atoms with van der Waals surface area (Å²) in [6.45, 7) is 2.53. The van der Waals surface area contributed by atoms with Crippen molar-refractivity contribution < 1.29 is 9.47 Å². The maximum atomic E-state index is 5.77. The van der Waals surface area contributed by atoms with E-state index in [1.54, 1.807) is 7.11 Å². The van der Waals surface area contributed by atoms with E-state index in [2.05, 4.69) is 30.1 Å². The van der Waals surface area contributed by atoms with Crippen molar-refractivity contribution in [3.05, 3.63) is 23.8 Å². The molecule has 2 aliphatic rings. The maximum absolute atomic E-state index is 5.77. The molecule has 4 heteroatoms. The molecule has 116 valence electrons. The van der Waals surface area contributed by atoms with Gasteiger partial charge in [-0.15, -0.1) is 11.8 Å². The van der Waals surface area contributed by atoms with Crippen molar-refractivity contribution in [1.82, 2.24) is 4.90 Å². The highest BCUT2D eigenvalue weighted by molar-refractivity contribution is 7.99. The van der Waals surface area contributed by atoms with Crippen molar-refractivity contribution >= 4 is 11.8 Å². The third-order valence-corrected chi connectivity index (χ3v) is 5.90. The van der Waals surface area contributed by atoms with Gasteiger partial charge in [0.15, 0.2) is 0 Å². The number of methoxy groups -OCH3 is 1. The monoisotopic (exact) mass is 307 g/mol. The molecule has 3 nitrogen and oxygen atoms in total. The summed E-state index contributed by atoms with van der Waals surface area (Å²) in [6.07, 6.45) is 4.00. The zero-order valence-corrected chi connectivity index (χ0v) is 13.8. The van der Waals surface area contributed by atoms with Gasteiger partial charge in [0.1, 0.15) is 12.4 Å². The number of ether oxygens (including phenoxy) is 2. The summed E-state index contributed by atoms with van der Waals surface area (Å²) >= 11 is 2.00. The fourth-order valence-corrected chi connectivity index (χ4v) is 4.64. The lowest BCUT2D eigenvalue weighted by atomic mass is 9.93. The van der Waals surface area contributed by atoms with Crippen molar-refractivity contribution in [2.45, 2.75) is 36.1 Å². The minimum Gasteiger partial charge on any atom is -0.491 e. The van der Waals surface area contributed by atoms with E-state index in [-0.39, 0.29) is 0 Å². The second-order valence-corrected chi connectivity index (χ2v) is 7.12. The zero-order chi connectivity index (χ0) is 14.7. The van der Waals surface area contributed by atoms with Gasteiger partial charge in [0.2, 0.25) is 0 Å². The van der Waals surface area contributed by atoms with Gasteiger partial charge in [0.05, 0.1) is 6.61 Å². The minimum atomic E-state index is 0.623. The maximum Gasteiger partial charge on any atom is 0.119 e. The fourth-order valence-electron chi connectivity index (χ4n) is 3.39. The Labute approximate surface area is 132 Å². The highest BCUT2D eigenvalue weighted by atomic mass is 32.2. The second-order valence-electron chi connectivity index (χ2n) is 6.06. The molecule has 0 bridgehead atoms. The quantitative estimate of drug-likeness (QED) is 0.751. The molecule has 1 aromatic carbocycles. The minimum absolute atomic E-state index is 0.623. The molecule has 3 rings (SSSR count). The van der Waals surface area contributed by atoms with Crippen LogP contribution < -0.4 is 4.74 Å². The van der Waals surface area contributed by atoms with E-state index in [0.29, 0.717) is 19.1 Å². The van der Waals surface area contributed by atoms with Crippen LogP contribution in [0.15, 0.2) is 23.1 Å². The molecule has 2 heterocycles. The largest absolute Gasteiger partial charge is 0.491 e. The summed E-state index contributed by atoms with van der Waals surface area (Å²) < 4.78 is 10.8. The van der Waals surface area contributed by atoms with Gasteiger partial charge >= 0.3 is 0 Å². The Bertz CT molecular complexity index is 480. The van der Waals surface area contributed by atoms with Crippen LogP contribution >= 0.6 is 11.8 Å². The van der Waals surface area contributed by atoms with Gasteiger partial charge in [-0.25, -0.2) is 0 Å². The van der Waals surface area contributed by atoms with Crippen LogP contribution in [-0.4, -0.2) is 50.6 Å². The molecular weight excluding hydrogens is 282 g/mol. The highest BCUT2D eigenvalue weighted by Crippen LogP contribution is 2.44. The van der Waals surface area contributed by atoms with E-state index in [4.69, 9.17) is 9.47 Å². The molecule has 1 saturated heterocycles. The lowest BCUT2D eigenvalue weighted by Gasteiger charge is -2.23. The summed E-state index contributed by atoms with van der Waals surface area (Å²) in [4.78, 5) is 3.97. The lowest BCUT2D eigenvalue weighted by molar-refractivity contribution is 0.146. The summed E-state index contributed by atoms with van der Waals surface area (Å²) in [7, 11) is 3.97. The van der Waals surface area contributed by atoms with E-state index in [9.17, 15) is 0 Å². The number of likely N-dealkylation sites (tertiary alicyclic amines) is 1. The predicted molar refractivity (Wildman–Crippen MR) is 87.5 cm³/mol. The van der Waals surface area contributed by atoms with Crippen molar-refractivity contribution in [2.75, 3.05) is 39.7 Å². The molecule has 0 radical (unpaired) electrons. The van der Waals surface area contributed by atoms with Gasteiger partial charge in [-0.2, -0.15) is 0 Å². The van der Waals surface area contributed by atoms with Crippen molar-refractivity contribution in [3.63, 3.8) is 0 Å². The molecule has 21 heavy (non-hydrogen) atoms. The molecule has 1 aromatic rings. The van der Waals surface area contributed by atoms with Gasteiger partial charge in [0.25, 0.3) is 0 Å². The number of nitrogens with zero attached hydrogens (tertiary/aromatic N) is 1. The van der Waals surface area contributed by atoms with Crippen LogP contribution in [0.2, 0.25) is 0 Å². The van der Waals surface area contributed by atoms with Crippen LogP contribution in [0.5, 0.6) is 5.75 Å². The van der Waals surface area contributed by atoms with Crippen LogP contribution in [0.1, 0.15) is 30.7 Å². The third-order valence-electron chi connectivity index (χ3n) is 4.65. The first-order chi connectivity index (χ1) is 10.3. The number of benzene rings is 1. The standard InChI is InChI=1S/C17H25NO2S/c1-18-7-3-4-14(18)10-13-12-21-17-6-5-15(11-16(13)17)20-9-8-19-2/h5-6,11,13-14H,3-4,7-10,12H2,1-2H3/t13-,14+/m0/s1. The Hall–Kier alpha value is -0.710. The number of rotatable bonds is 6. The Morgan fingerprint density at radius 3 is 3.00 bits per heavy atom. The van der Waals surface area contributed by atoms with Crippen molar-refractivity contribution in [1.29, 1.82) is 0 Å².